The van der Waals surface area contributed by atoms with Crippen molar-refractivity contribution in [3.8, 4) is 11.5 Å². The molecule has 0 atom stereocenters. The molecule has 11 nitrogen and oxygen atoms in total. The lowest BCUT2D eigenvalue weighted by Crippen LogP contribution is -2.62. The van der Waals surface area contributed by atoms with E-state index < -0.39 is 0 Å². The first-order valence-corrected chi connectivity index (χ1v) is 17.0. The molecule has 2 aromatic rings. The first-order chi connectivity index (χ1) is 21.3. The molecular weight excluding hydrogens is 594 g/mol. The second-order valence-electron chi connectivity index (χ2n) is 14.3. The van der Waals surface area contributed by atoms with Crippen molar-refractivity contribution < 1.29 is 28.3 Å². The van der Waals surface area contributed by atoms with Crippen molar-refractivity contribution in [2.24, 2.45) is 16.2 Å². The second kappa shape index (κ2) is 15.1. The summed E-state index contributed by atoms with van der Waals surface area (Å²) in [6.07, 6.45) is 6.97. The van der Waals surface area contributed by atoms with Crippen LogP contribution < -0.4 is 16.0 Å². The van der Waals surface area contributed by atoms with Crippen molar-refractivity contribution in [3.05, 3.63) is 29.8 Å². The van der Waals surface area contributed by atoms with Gasteiger partial charge in [0.05, 0.1) is 26.4 Å². The van der Waals surface area contributed by atoms with Crippen molar-refractivity contribution in [2.75, 3.05) is 39.2 Å². The van der Waals surface area contributed by atoms with Crippen LogP contribution in [0, 0.1) is 16.2 Å². The van der Waals surface area contributed by atoms with Gasteiger partial charge in [0.25, 0.3) is 11.1 Å². The molecular formula is C33H49N5O6S. The molecule has 3 N–H and O–H groups in total. The van der Waals surface area contributed by atoms with Gasteiger partial charge in [-0.1, -0.05) is 46.4 Å². The molecule has 248 valence electrons. The monoisotopic (exact) mass is 643 g/mol. The average Bonchev–Trinajstić information content (AvgIpc) is 3.42. The number of carbonyl (C=O) groups is 3. The van der Waals surface area contributed by atoms with Gasteiger partial charge in [-0.25, -0.2) is 0 Å². The topological polar surface area (TPSA) is 145 Å². The lowest BCUT2D eigenvalue weighted by Gasteiger charge is -2.58. The summed E-state index contributed by atoms with van der Waals surface area (Å²) in [6.45, 7) is 12.4. The molecule has 1 heterocycles. The van der Waals surface area contributed by atoms with Gasteiger partial charge in [0.1, 0.15) is 0 Å². The van der Waals surface area contributed by atoms with Crippen LogP contribution in [0.5, 0.6) is 0 Å². The Labute approximate surface area is 270 Å². The first kappa shape index (κ1) is 34.9. The summed E-state index contributed by atoms with van der Waals surface area (Å²) in [7, 11) is 0. The summed E-state index contributed by atoms with van der Waals surface area (Å²) in [4.78, 5) is 37.5. The molecule has 2 fully saturated rings. The van der Waals surface area contributed by atoms with Crippen LogP contribution in [0.15, 0.2) is 33.9 Å². The summed E-state index contributed by atoms with van der Waals surface area (Å²) in [5.41, 5.74) is 1.27. The smallest absolute Gasteiger partial charge is 0.276 e. The van der Waals surface area contributed by atoms with Gasteiger partial charge in [0, 0.05) is 41.6 Å². The zero-order valence-corrected chi connectivity index (χ0v) is 28.3. The fraction of sp³-hybridized carbons (Fsp3) is 0.667. The fourth-order valence-electron chi connectivity index (χ4n) is 6.59. The van der Waals surface area contributed by atoms with Gasteiger partial charge in [-0.15, -0.1) is 10.2 Å². The van der Waals surface area contributed by atoms with Gasteiger partial charge >= 0.3 is 0 Å². The number of thioether (sulfide) groups is 1. The second-order valence-corrected chi connectivity index (χ2v) is 15.0. The predicted molar refractivity (Wildman–Crippen MR) is 173 cm³/mol. The third-order valence-electron chi connectivity index (χ3n) is 8.36. The van der Waals surface area contributed by atoms with Crippen molar-refractivity contribution >= 4 is 29.5 Å². The molecule has 2 aliphatic carbocycles. The Hall–Kier alpha value is -2.96. The molecule has 1 aromatic carbocycles. The largest absolute Gasteiger partial charge is 0.411 e. The highest BCUT2D eigenvalue weighted by Gasteiger charge is 2.54. The fourth-order valence-corrected chi connectivity index (χ4v) is 6.88. The van der Waals surface area contributed by atoms with E-state index in [2.05, 4.69) is 46.9 Å². The lowest BCUT2D eigenvalue weighted by molar-refractivity contribution is -0.135. The molecule has 0 bridgehead atoms. The molecule has 0 aliphatic heterocycles. The molecule has 1 aromatic heterocycles. The molecule has 2 aliphatic rings. The van der Waals surface area contributed by atoms with Crippen LogP contribution in [0.4, 0.5) is 0 Å². The Kier molecular flexibility index (Phi) is 11.7. The highest BCUT2D eigenvalue weighted by Crippen LogP contribution is 2.56. The number of rotatable bonds is 16. The van der Waals surface area contributed by atoms with E-state index >= 15 is 0 Å². The maximum atomic E-state index is 12.8. The zero-order chi connectivity index (χ0) is 32.7. The molecule has 45 heavy (non-hydrogen) atoms. The van der Waals surface area contributed by atoms with Crippen LogP contribution in [0.25, 0.3) is 11.5 Å². The van der Waals surface area contributed by atoms with Crippen LogP contribution in [0.3, 0.4) is 0 Å². The summed E-state index contributed by atoms with van der Waals surface area (Å²) in [5.74, 6) is 0.363. The van der Waals surface area contributed by atoms with E-state index in [-0.39, 0.29) is 46.1 Å². The molecule has 0 unspecified atom stereocenters. The summed E-state index contributed by atoms with van der Waals surface area (Å²) in [5, 5.41) is 17.6. The first-order valence-electron chi connectivity index (χ1n) is 15.8. The van der Waals surface area contributed by atoms with E-state index in [4.69, 9.17) is 13.9 Å². The van der Waals surface area contributed by atoms with E-state index in [1.807, 2.05) is 20.1 Å². The quantitative estimate of drug-likeness (QED) is 0.176. The highest BCUT2D eigenvalue weighted by molar-refractivity contribution is 7.98. The number of carbonyl (C=O) groups excluding carboxylic acids is 3. The van der Waals surface area contributed by atoms with E-state index in [0.29, 0.717) is 56.1 Å². The van der Waals surface area contributed by atoms with Crippen molar-refractivity contribution in [1.82, 2.24) is 26.1 Å². The van der Waals surface area contributed by atoms with Crippen LogP contribution >= 0.6 is 11.8 Å². The van der Waals surface area contributed by atoms with Crippen LogP contribution in [-0.4, -0.2) is 79.2 Å². The summed E-state index contributed by atoms with van der Waals surface area (Å²) in [6, 6.07) is 7.42. The normalized spacial score (nSPS) is 21.1. The van der Waals surface area contributed by atoms with Crippen molar-refractivity contribution in [1.29, 1.82) is 0 Å². The van der Waals surface area contributed by atoms with Crippen molar-refractivity contribution in [3.63, 3.8) is 0 Å². The average molecular weight is 644 g/mol. The minimum absolute atomic E-state index is 0.00132. The van der Waals surface area contributed by atoms with E-state index in [1.54, 1.807) is 24.3 Å². The third kappa shape index (κ3) is 10.3. The maximum absolute atomic E-state index is 12.8. The molecule has 3 amide bonds. The highest BCUT2D eigenvalue weighted by atomic mass is 32.2. The Morgan fingerprint density at radius 2 is 1.53 bits per heavy atom. The minimum atomic E-state index is -0.380. The summed E-state index contributed by atoms with van der Waals surface area (Å²) < 4.78 is 16.6. The van der Waals surface area contributed by atoms with Crippen LogP contribution in [0.2, 0.25) is 0 Å². The molecule has 0 radical (unpaired) electrons. The third-order valence-corrected chi connectivity index (χ3v) is 8.87. The predicted octanol–water partition coefficient (Wildman–Crippen LogP) is 4.62. The van der Waals surface area contributed by atoms with Gasteiger partial charge in [-0.3, -0.25) is 14.4 Å². The van der Waals surface area contributed by atoms with Crippen molar-refractivity contribution in [2.45, 2.75) is 90.5 Å². The number of nitrogens with zero attached hydrogens (tertiary/aromatic N) is 2. The number of nitrogens with one attached hydrogen (secondary N) is 3. The SMILES string of the molecule is CSc1nnc(-c2ccc(C(=O)NCCOCCOCCC(=O)NC3CC4(C3)CC(NC(=O)C(C)(C)CC(C)(C)C)C4)cc2)o1. The molecule has 4 rings (SSSR count). The Balaban J connectivity index is 0.976. The molecule has 1 spiro atoms. The molecule has 0 saturated heterocycles. The molecule has 2 saturated carbocycles. The van der Waals surface area contributed by atoms with Crippen LogP contribution in [0.1, 0.15) is 83.5 Å². The lowest BCUT2D eigenvalue weighted by atomic mass is 9.52. The Bertz CT molecular complexity index is 1290. The Morgan fingerprint density at radius 1 is 0.911 bits per heavy atom. The number of ether oxygens (including phenoxy) is 2. The number of amides is 3. The van der Waals surface area contributed by atoms with Gasteiger partial charge in [-0.2, -0.15) is 0 Å². The van der Waals surface area contributed by atoms with Gasteiger partial charge < -0.3 is 29.8 Å². The van der Waals surface area contributed by atoms with E-state index in [9.17, 15) is 14.4 Å². The van der Waals surface area contributed by atoms with Gasteiger partial charge in [0.2, 0.25) is 17.7 Å². The zero-order valence-electron chi connectivity index (χ0n) is 27.5. The number of aromatic nitrogens is 2. The number of hydrogen-bond acceptors (Lipinski definition) is 9. The standard InChI is InChI=1S/C33H49N5O6S/c1-31(2,3)21-32(4,5)29(41)36-25-19-33(20-25)17-24(18-33)35-26(39)11-13-42-15-16-43-14-12-34-27(40)22-7-9-23(10-8-22)28-37-38-30(44-28)45-6/h7-10,24-25H,11-21H2,1-6H3,(H,34,40)(H,35,39)(H,36,41). The minimum Gasteiger partial charge on any atom is -0.411 e. The number of hydrogen-bond donors (Lipinski definition) is 3. The maximum Gasteiger partial charge on any atom is 0.276 e. The number of benzene rings is 1. The Morgan fingerprint density at radius 3 is 2.13 bits per heavy atom. The van der Waals surface area contributed by atoms with E-state index in [0.717, 1.165) is 37.7 Å². The summed E-state index contributed by atoms with van der Waals surface area (Å²) >= 11 is 1.37. The molecule has 12 heteroatoms. The van der Waals surface area contributed by atoms with Gasteiger partial charge in [-0.05, 0) is 73.5 Å². The van der Waals surface area contributed by atoms with Crippen LogP contribution in [-0.2, 0) is 19.1 Å². The van der Waals surface area contributed by atoms with Gasteiger partial charge in [0.15, 0.2) is 0 Å². The van der Waals surface area contributed by atoms with E-state index in [1.165, 1.54) is 11.8 Å².